The van der Waals surface area contributed by atoms with Crippen molar-refractivity contribution in [2.45, 2.75) is 19.3 Å². The minimum atomic E-state index is -0.381. The van der Waals surface area contributed by atoms with Gasteiger partial charge in [-0.1, -0.05) is 41.6 Å². The number of carbonyl (C=O) groups excluding carboxylic acids is 1. The monoisotopic (exact) mass is 433 g/mol. The minimum Gasteiger partial charge on any atom is -0.492 e. The molecule has 144 valence electrons. The molecular weight excluding hydrogens is 410 g/mol. The van der Waals surface area contributed by atoms with Crippen molar-refractivity contribution in [3.8, 4) is 5.75 Å². The molecule has 0 bridgehead atoms. The normalized spacial score (nSPS) is 11.3. The third-order valence-electron chi connectivity index (χ3n) is 3.89. The fraction of sp³-hybridized carbons (Fsp3) is 0.300. The molecule has 7 heteroatoms. The van der Waals surface area contributed by atoms with Crippen molar-refractivity contribution in [1.82, 2.24) is 5.32 Å². The molecule has 6 nitrogen and oxygen atoms in total. The highest BCUT2D eigenvalue weighted by molar-refractivity contribution is 9.10. The van der Waals surface area contributed by atoms with Gasteiger partial charge < -0.3 is 21.0 Å². The maximum absolute atomic E-state index is 12.1. The van der Waals surface area contributed by atoms with Crippen molar-refractivity contribution in [1.29, 1.82) is 0 Å². The lowest BCUT2D eigenvalue weighted by atomic mass is 10.1. The summed E-state index contributed by atoms with van der Waals surface area (Å²) in [5.41, 5.74) is 7.70. The summed E-state index contributed by atoms with van der Waals surface area (Å²) in [4.78, 5) is 12.1. The number of halogens is 1. The highest BCUT2D eigenvalue weighted by Crippen LogP contribution is 2.26. The third-order valence-corrected chi connectivity index (χ3v) is 4.51. The van der Waals surface area contributed by atoms with E-state index in [0.29, 0.717) is 26.1 Å². The molecule has 2 aromatic carbocycles. The highest BCUT2D eigenvalue weighted by atomic mass is 79.9. The molecule has 0 aliphatic carbocycles. The Morgan fingerprint density at radius 2 is 1.96 bits per heavy atom. The molecule has 0 heterocycles. The molecule has 0 aromatic heterocycles. The molecule has 0 atom stereocenters. The summed E-state index contributed by atoms with van der Waals surface area (Å²) in [5, 5.41) is 15.0. The number of hydrogen-bond donors (Lipinski definition) is 3. The van der Waals surface area contributed by atoms with Gasteiger partial charge in [-0.15, -0.1) is 0 Å². The van der Waals surface area contributed by atoms with Gasteiger partial charge in [-0.25, -0.2) is 0 Å². The average Bonchev–Trinajstić information content (AvgIpc) is 2.68. The van der Waals surface area contributed by atoms with Crippen molar-refractivity contribution in [3.63, 3.8) is 0 Å². The zero-order valence-corrected chi connectivity index (χ0v) is 16.6. The molecule has 0 saturated carbocycles. The van der Waals surface area contributed by atoms with E-state index in [1.165, 1.54) is 0 Å². The van der Waals surface area contributed by atoms with E-state index in [1.54, 1.807) is 0 Å². The number of nitrogens with two attached hydrogens (primary N) is 1. The van der Waals surface area contributed by atoms with Crippen molar-refractivity contribution in [3.05, 3.63) is 64.1 Å². The van der Waals surface area contributed by atoms with Crippen molar-refractivity contribution in [2.75, 3.05) is 19.7 Å². The number of carbonyl (C=O) groups is 1. The Bertz CT molecular complexity index is 766. The first-order valence-electron chi connectivity index (χ1n) is 8.78. The summed E-state index contributed by atoms with van der Waals surface area (Å²) < 4.78 is 6.61. The van der Waals surface area contributed by atoms with Gasteiger partial charge in [0.05, 0.1) is 11.1 Å². The Hall–Kier alpha value is -2.38. The van der Waals surface area contributed by atoms with Gasteiger partial charge in [0.2, 0.25) is 0 Å². The Labute approximate surface area is 167 Å². The first-order chi connectivity index (χ1) is 13.1. The lowest BCUT2D eigenvalue weighted by Gasteiger charge is -2.10. The first kappa shape index (κ1) is 20.9. The SMILES string of the molecule is NCCc1ccc(OCCCNC(=O)/C(Cc2ccccc2)=N/O)c(Br)c1. The van der Waals surface area contributed by atoms with Crippen LogP contribution in [0.15, 0.2) is 58.2 Å². The molecule has 0 fully saturated rings. The van der Waals surface area contributed by atoms with E-state index in [9.17, 15) is 4.79 Å². The van der Waals surface area contributed by atoms with E-state index < -0.39 is 0 Å². The number of oxime groups is 1. The van der Waals surface area contributed by atoms with Crippen LogP contribution in [0.3, 0.4) is 0 Å². The predicted molar refractivity (Wildman–Crippen MR) is 109 cm³/mol. The fourth-order valence-electron chi connectivity index (χ4n) is 2.49. The second kappa shape index (κ2) is 11.4. The molecule has 27 heavy (non-hydrogen) atoms. The van der Waals surface area contributed by atoms with Crippen molar-refractivity contribution in [2.24, 2.45) is 10.9 Å². The maximum Gasteiger partial charge on any atom is 0.269 e. The molecular formula is C20H24BrN3O3. The number of nitrogens with zero attached hydrogens (tertiary/aromatic N) is 1. The summed E-state index contributed by atoms with van der Waals surface area (Å²) in [6.45, 7) is 1.49. The number of amides is 1. The molecule has 0 unspecified atom stereocenters. The molecule has 0 radical (unpaired) electrons. The van der Waals surface area contributed by atoms with Crippen LogP contribution in [0.4, 0.5) is 0 Å². The predicted octanol–water partition coefficient (Wildman–Crippen LogP) is 2.91. The van der Waals surface area contributed by atoms with Crippen LogP contribution in [0.1, 0.15) is 17.5 Å². The van der Waals surface area contributed by atoms with Crippen LogP contribution in [-0.2, 0) is 17.6 Å². The van der Waals surface area contributed by atoms with Crippen LogP contribution >= 0.6 is 15.9 Å². The third kappa shape index (κ3) is 7.03. The second-order valence-corrected chi connectivity index (χ2v) is 6.82. The number of benzene rings is 2. The Morgan fingerprint density at radius 1 is 1.19 bits per heavy atom. The van der Waals surface area contributed by atoms with Gasteiger partial charge in [-0.05, 0) is 58.6 Å². The van der Waals surface area contributed by atoms with E-state index in [4.69, 9.17) is 15.7 Å². The quantitative estimate of drug-likeness (QED) is 0.232. The lowest BCUT2D eigenvalue weighted by Crippen LogP contribution is -2.33. The molecule has 2 rings (SSSR count). The van der Waals surface area contributed by atoms with Crippen LogP contribution in [0.5, 0.6) is 5.75 Å². The van der Waals surface area contributed by atoms with Gasteiger partial charge in [0.25, 0.3) is 5.91 Å². The van der Waals surface area contributed by atoms with Gasteiger partial charge in [-0.3, -0.25) is 4.79 Å². The van der Waals surface area contributed by atoms with Crippen molar-refractivity contribution >= 4 is 27.5 Å². The summed E-state index contributed by atoms with van der Waals surface area (Å²) in [6, 6.07) is 15.3. The summed E-state index contributed by atoms with van der Waals surface area (Å²) >= 11 is 3.49. The number of rotatable bonds is 10. The Balaban J connectivity index is 1.72. The van der Waals surface area contributed by atoms with E-state index in [-0.39, 0.29) is 18.0 Å². The summed E-state index contributed by atoms with van der Waals surface area (Å²) in [7, 11) is 0. The molecule has 4 N–H and O–H groups in total. The van der Waals surface area contributed by atoms with Crippen LogP contribution < -0.4 is 15.8 Å². The highest BCUT2D eigenvalue weighted by Gasteiger charge is 2.12. The number of nitrogens with one attached hydrogen (secondary N) is 1. The molecule has 0 saturated heterocycles. The fourth-order valence-corrected chi connectivity index (χ4v) is 3.03. The van der Waals surface area contributed by atoms with Gasteiger partial charge in [0.15, 0.2) is 0 Å². The summed E-state index contributed by atoms with van der Waals surface area (Å²) in [6.07, 6.45) is 1.73. The van der Waals surface area contributed by atoms with Gasteiger partial charge in [-0.2, -0.15) is 0 Å². The lowest BCUT2D eigenvalue weighted by molar-refractivity contribution is -0.115. The van der Waals surface area contributed by atoms with E-state index in [2.05, 4.69) is 26.4 Å². The molecule has 0 spiro atoms. The van der Waals surface area contributed by atoms with Gasteiger partial charge in [0.1, 0.15) is 11.5 Å². The molecule has 0 aliphatic heterocycles. The average molecular weight is 434 g/mol. The largest absolute Gasteiger partial charge is 0.492 e. The minimum absolute atomic E-state index is 0.0837. The standard InChI is InChI=1S/C20H24BrN3O3/c21-17-13-16(9-10-22)7-8-19(17)27-12-4-11-23-20(25)18(24-26)14-15-5-2-1-3-6-15/h1-3,5-8,13,26H,4,9-12,14,22H2,(H,23,25)/b24-18+. The van der Waals surface area contributed by atoms with Crippen LogP contribution in [0.2, 0.25) is 0 Å². The number of ether oxygens (including phenoxy) is 1. The van der Waals surface area contributed by atoms with E-state index >= 15 is 0 Å². The van der Waals surface area contributed by atoms with Crippen molar-refractivity contribution < 1.29 is 14.7 Å². The molecule has 1 amide bonds. The Morgan fingerprint density at radius 3 is 2.63 bits per heavy atom. The first-order valence-corrected chi connectivity index (χ1v) is 9.57. The zero-order valence-electron chi connectivity index (χ0n) is 15.0. The number of hydrogen-bond acceptors (Lipinski definition) is 5. The zero-order chi connectivity index (χ0) is 19.5. The topological polar surface area (TPSA) is 96.9 Å². The second-order valence-electron chi connectivity index (χ2n) is 5.97. The maximum atomic E-state index is 12.1. The van der Waals surface area contributed by atoms with Crippen LogP contribution in [0.25, 0.3) is 0 Å². The van der Waals surface area contributed by atoms with Gasteiger partial charge >= 0.3 is 0 Å². The molecule has 0 aliphatic rings. The Kier molecular flexibility index (Phi) is 8.80. The van der Waals surface area contributed by atoms with E-state index in [1.807, 2.05) is 48.5 Å². The smallest absolute Gasteiger partial charge is 0.269 e. The van der Waals surface area contributed by atoms with Crippen LogP contribution in [-0.4, -0.2) is 36.5 Å². The van der Waals surface area contributed by atoms with Crippen LogP contribution in [0, 0.1) is 0 Å². The van der Waals surface area contributed by atoms with Gasteiger partial charge in [0, 0.05) is 13.0 Å². The van der Waals surface area contributed by atoms with E-state index in [0.717, 1.165) is 27.8 Å². The molecule has 2 aromatic rings. The summed E-state index contributed by atoms with van der Waals surface area (Å²) in [5.74, 6) is 0.373.